The van der Waals surface area contributed by atoms with Gasteiger partial charge in [0.2, 0.25) is 0 Å². The molecule has 0 bridgehead atoms. The van der Waals surface area contributed by atoms with E-state index in [-0.39, 0.29) is 34.5 Å². The molecule has 0 amide bonds. The van der Waals surface area contributed by atoms with Gasteiger partial charge in [-0.15, -0.1) is 0 Å². The zero-order valence-corrected chi connectivity index (χ0v) is 9.79. The van der Waals surface area contributed by atoms with Gasteiger partial charge in [0, 0.05) is 0 Å². The molecule has 1 rings (SSSR count). The van der Waals surface area contributed by atoms with E-state index in [1.165, 1.54) is 12.1 Å². The van der Waals surface area contributed by atoms with Gasteiger partial charge >= 0.3 is 29.6 Å². The number of aryl methyl sites for hydroxylation is 1. The van der Waals surface area contributed by atoms with Gasteiger partial charge in [0.1, 0.15) is 0 Å². The summed E-state index contributed by atoms with van der Waals surface area (Å²) in [4.78, 5) is -0.0456. The molecule has 0 aliphatic carbocycles. The van der Waals surface area contributed by atoms with Gasteiger partial charge in [0.15, 0.2) is 0 Å². The van der Waals surface area contributed by atoms with Crippen LogP contribution in [0.1, 0.15) is 25.8 Å². The predicted molar refractivity (Wildman–Crippen MR) is 66.6 cm³/mol. The first-order valence-corrected chi connectivity index (χ1v) is 6.40. The number of benzene rings is 1. The van der Waals surface area contributed by atoms with Crippen molar-refractivity contribution >= 4 is 39.7 Å². The molecule has 0 aliphatic rings. The van der Waals surface area contributed by atoms with Crippen molar-refractivity contribution in [3.05, 3.63) is 29.8 Å². The van der Waals surface area contributed by atoms with Crippen molar-refractivity contribution < 1.29 is 13.0 Å². The van der Waals surface area contributed by atoms with Gasteiger partial charge in [-0.25, -0.2) is 0 Å². The summed E-state index contributed by atoms with van der Waals surface area (Å²) in [6.07, 6.45) is 2.01. The minimum absolute atomic E-state index is 0. The van der Waals surface area contributed by atoms with E-state index in [1.807, 2.05) is 0 Å². The molecule has 1 N–H and O–H groups in total. The van der Waals surface area contributed by atoms with Crippen LogP contribution in [0.2, 0.25) is 0 Å². The van der Waals surface area contributed by atoms with Crippen LogP contribution < -0.4 is 0 Å². The summed E-state index contributed by atoms with van der Waals surface area (Å²) < 4.78 is 30.3. The Morgan fingerprint density at radius 2 is 1.69 bits per heavy atom. The Morgan fingerprint density at radius 1 is 1.19 bits per heavy atom. The average molecular weight is 252 g/mol. The molecule has 0 fully saturated rings. The van der Waals surface area contributed by atoms with Gasteiger partial charge < -0.3 is 0 Å². The van der Waals surface area contributed by atoms with Gasteiger partial charge in [-0.2, -0.15) is 8.42 Å². The fourth-order valence-electron chi connectivity index (χ4n) is 1.28. The summed E-state index contributed by atoms with van der Waals surface area (Å²) in [5, 5.41) is 0. The molecule has 0 saturated heterocycles. The van der Waals surface area contributed by atoms with Crippen molar-refractivity contribution in [2.45, 2.75) is 31.6 Å². The molecule has 0 spiro atoms. The van der Waals surface area contributed by atoms with Crippen LogP contribution in [0, 0.1) is 5.92 Å². The van der Waals surface area contributed by atoms with Gasteiger partial charge in [-0.05, 0) is 36.5 Å². The SMILES string of the molecule is CC(C)CCc1ccc(S(=O)(=O)O)cc1.[NaH]. The summed E-state index contributed by atoms with van der Waals surface area (Å²) in [5.74, 6) is 0.631. The van der Waals surface area contributed by atoms with Crippen LogP contribution in [0.5, 0.6) is 0 Å². The van der Waals surface area contributed by atoms with Crippen LogP contribution in [-0.4, -0.2) is 42.5 Å². The zero-order chi connectivity index (χ0) is 11.5. The Bertz CT molecular complexity index is 409. The Kier molecular flexibility index (Phi) is 6.82. The van der Waals surface area contributed by atoms with E-state index in [1.54, 1.807) is 12.1 Å². The minimum atomic E-state index is -4.05. The third-order valence-corrected chi connectivity index (χ3v) is 3.10. The summed E-state index contributed by atoms with van der Waals surface area (Å²) in [6, 6.07) is 6.35. The van der Waals surface area contributed by atoms with E-state index in [0.717, 1.165) is 18.4 Å². The molecule has 0 aromatic heterocycles. The Hall–Kier alpha value is 0.130. The van der Waals surface area contributed by atoms with E-state index in [0.29, 0.717) is 5.92 Å². The molecular formula is C11H17NaO3S. The van der Waals surface area contributed by atoms with Gasteiger partial charge in [0.25, 0.3) is 10.1 Å². The maximum absolute atomic E-state index is 10.8. The maximum atomic E-state index is 10.8. The first-order valence-electron chi connectivity index (χ1n) is 4.96. The van der Waals surface area contributed by atoms with E-state index >= 15 is 0 Å². The van der Waals surface area contributed by atoms with Crippen LogP contribution in [0.25, 0.3) is 0 Å². The van der Waals surface area contributed by atoms with Crippen LogP contribution in [-0.2, 0) is 16.5 Å². The van der Waals surface area contributed by atoms with Crippen molar-refractivity contribution in [2.75, 3.05) is 0 Å². The predicted octanol–water partition coefficient (Wildman–Crippen LogP) is 1.87. The van der Waals surface area contributed by atoms with E-state index in [9.17, 15) is 8.42 Å². The molecule has 0 heterocycles. The third kappa shape index (κ3) is 5.46. The third-order valence-electron chi connectivity index (χ3n) is 2.23. The molecule has 0 unspecified atom stereocenters. The molecule has 1 aromatic carbocycles. The second-order valence-electron chi connectivity index (χ2n) is 4.05. The second kappa shape index (κ2) is 6.77. The summed E-state index contributed by atoms with van der Waals surface area (Å²) >= 11 is 0. The number of hydrogen-bond acceptors (Lipinski definition) is 2. The van der Waals surface area contributed by atoms with E-state index < -0.39 is 10.1 Å². The van der Waals surface area contributed by atoms with Crippen molar-refractivity contribution in [3.63, 3.8) is 0 Å². The number of hydrogen-bond donors (Lipinski definition) is 1. The fraction of sp³-hybridized carbons (Fsp3) is 0.455. The molecule has 5 heteroatoms. The zero-order valence-electron chi connectivity index (χ0n) is 8.97. The van der Waals surface area contributed by atoms with Gasteiger partial charge in [0.05, 0.1) is 4.90 Å². The Labute approximate surface area is 119 Å². The average Bonchev–Trinajstić information content (AvgIpc) is 2.14. The quantitative estimate of drug-likeness (QED) is 0.657. The normalized spacial score (nSPS) is 11.2. The number of rotatable bonds is 4. The molecule has 86 valence electrons. The van der Waals surface area contributed by atoms with Crippen LogP contribution >= 0.6 is 0 Å². The van der Waals surface area contributed by atoms with Crippen molar-refractivity contribution in [1.29, 1.82) is 0 Å². The molecular weight excluding hydrogens is 235 g/mol. The first-order chi connectivity index (χ1) is 6.89. The standard InChI is InChI=1S/C11H16O3S.Na.H/c1-9(2)3-4-10-5-7-11(8-6-10)15(12,13)14;;/h5-9H,3-4H2,1-2H3,(H,12,13,14);;. The Morgan fingerprint density at radius 3 is 2.06 bits per heavy atom. The molecule has 1 aromatic rings. The second-order valence-corrected chi connectivity index (χ2v) is 5.47. The monoisotopic (exact) mass is 252 g/mol. The molecule has 3 nitrogen and oxygen atoms in total. The van der Waals surface area contributed by atoms with Crippen molar-refractivity contribution in [2.24, 2.45) is 5.92 Å². The molecule has 16 heavy (non-hydrogen) atoms. The molecule has 0 aliphatic heterocycles. The fourth-order valence-corrected chi connectivity index (χ4v) is 1.76. The van der Waals surface area contributed by atoms with Crippen LogP contribution in [0.4, 0.5) is 0 Å². The van der Waals surface area contributed by atoms with E-state index in [4.69, 9.17) is 4.55 Å². The van der Waals surface area contributed by atoms with Gasteiger partial charge in [-0.1, -0.05) is 26.0 Å². The molecule has 0 atom stereocenters. The molecule has 0 radical (unpaired) electrons. The summed E-state index contributed by atoms with van der Waals surface area (Å²) in [5.41, 5.74) is 1.09. The van der Waals surface area contributed by atoms with Crippen molar-refractivity contribution in [1.82, 2.24) is 0 Å². The van der Waals surface area contributed by atoms with Crippen molar-refractivity contribution in [3.8, 4) is 0 Å². The van der Waals surface area contributed by atoms with Crippen LogP contribution in [0.3, 0.4) is 0 Å². The molecule has 0 saturated carbocycles. The Balaban J connectivity index is 0.00000225. The van der Waals surface area contributed by atoms with Crippen LogP contribution in [0.15, 0.2) is 29.2 Å². The van der Waals surface area contributed by atoms with E-state index in [2.05, 4.69) is 13.8 Å². The van der Waals surface area contributed by atoms with Gasteiger partial charge in [-0.3, -0.25) is 4.55 Å². The first kappa shape index (κ1) is 16.1. The topological polar surface area (TPSA) is 54.4 Å². The summed E-state index contributed by atoms with van der Waals surface area (Å²) in [6.45, 7) is 4.29. The summed E-state index contributed by atoms with van der Waals surface area (Å²) in [7, 11) is -4.05.